The summed E-state index contributed by atoms with van der Waals surface area (Å²) >= 11 is 6.64. The van der Waals surface area contributed by atoms with Gasteiger partial charge in [0.15, 0.2) is 0 Å². The highest BCUT2D eigenvalue weighted by Gasteiger charge is 2.24. The van der Waals surface area contributed by atoms with Gasteiger partial charge in [-0.3, -0.25) is 0 Å². The topological polar surface area (TPSA) is 36.9 Å². The molecule has 32 heavy (non-hydrogen) atoms. The van der Waals surface area contributed by atoms with Crippen LogP contribution in [0.4, 0.5) is 0 Å². The average molecular weight is 455 g/mol. The fourth-order valence-corrected chi connectivity index (χ4v) is 3.79. The van der Waals surface area contributed by atoms with Crippen LogP contribution in [-0.4, -0.2) is 32.5 Å². The van der Waals surface area contributed by atoms with E-state index in [1.165, 1.54) is 0 Å². The van der Waals surface area contributed by atoms with Crippen LogP contribution in [0.2, 0.25) is 5.02 Å². The Balaban J connectivity index is 1.84. The molecule has 0 N–H and O–H groups in total. The van der Waals surface area contributed by atoms with Gasteiger partial charge in [-0.1, -0.05) is 54.6 Å². The molecule has 3 rings (SSSR count). The summed E-state index contributed by atoms with van der Waals surface area (Å²) in [6, 6.07) is 12.0. The summed E-state index contributed by atoms with van der Waals surface area (Å²) in [5.41, 5.74) is 3.11. The van der Waals surface area contributed by atoms with Gasteiger partial charge in [-0.15, -0.1) is 6.58 Å². The largest absolute Gasteiger partial charge is 0.494 e. The van der Waals surface area contributed by atoms with E-state index in [1.54, 1.807) is 12.2 Å². The number of hydrogen-bond donors (Lipinski definition) is 0. The van der Waals surface area contributed by atoms with E-state index in [1.807, 2.05) is 25.1 Å². The second-order valence-electron chi connectivity index (χ2n) is 7.50. The monoisotopic (exact) mass is 454 g/mol. The van der Waals surface area contributed by atoms with Crippen LogP contribution in [-0.2, 0) is 15.9 Å². The van der Waals surface area contributed by atoms with E-state index in [0.717, 1.165) is 28.9 Å². The van der Waals surface area contributed by atoms with Crippen molar-refractivity contribution in [2.75, 3.05) is 26.4 Å². The third-order valence-corrected chi connectivity index (χ3v) is 5.41. The summed E-state index contributed by atoms with van der Waals surface area (Å²) in [6.45, 7) is 11.5. The minimum absolute atomic E-state index is 0.0255. The van der Waals surface area contributed by atoms with E-state index in [0.29, 0.717) is 43.6 Å². The van der Waals surface area contributed by atoms with Gasteiger partial charge in [-0.25, -0.2) is 0 Å². The second-order valence-corrected chi connectivity index (χ2v) is 7.91. The molecule has 2 aromatic carbocycles. The summed E-state index contributed by atoms with van der Waals surface area (Å²) in [7, 11) is 0. The normalized spacial score (nSPS) is 17.7. The minimum Gasteiger partial charge on any atom is -0.494 e. The maximum Gasteiger partial charge on any atom is 0.127 e. The molecular weight excluding hydrogens is 424 g/mol. The lowest BCUT2D eigenvalue weighted by atomic mass is 9.97. The highest BCUT2D eigenvalue weighted by molar-refractivity contribution is 6.31. The zero-order valence-electron chi connectivity index (χ0n) is 18.6. The summed E-state index contributed by atoms with van der Waals surface area (Å²) < 4.78 is 23.4. The van der Waals surface area contributed by atoms with Crippen molar-refractivity contribution in [2.24, 2.45) is 0 Å². The Bertz CT molecular complexity index is 920. The fourth-order valence-electron chi connectivity index (χ4n) is 3.57. The molecule has 5 heteroatoms. The Morgan fingerprint density at radius 3 is 2.59 bits per heavy atom. The van der Waals surface area contributed by atoms with Gasteiger partial charge in [0.25, 0.3) is 0 Å². The van der Waals surface area contributed by atoms with Crippen LogP contribution < -0.4 is 9.47 Å². The molecule has 0 aliphatic carbocycles. The molecule has 1 aliphatic rings. The van der Waals surface area contributed by atoms with E-state index in [4.69, 9.17) is 30.5 Å². The van der Waals surface area contributed by atoms with Gasteiger partial charge >= 0.3 is 0 Å². The van der Waals surface area contributed by atoms with E-state index in [2.05, 4.69) is 43.5 Å². The molecule has 4 nitrogen and oxygen atoms in total. The SMILES string of the molecule is C=CCOC[C@H]1CC=C[C@@H](c2cc(Cc3ccc(OCC)cc3)c(Cl)cc2OCC=C)O1. The fraction of sp³-hybridized carbons (Fsp3) is 0.333. The van der Waals surface area contributed by atoms with Gasteiger partial charge in [-0.2, -0.15) is 0 Å². The van der Waals surface area contributed by atoms with Crippen LogP contribution in [0.15, 0.2) is 73.9 Å². The molecule has 0 aromatic heterocycles. The van der Waals surface area contributed by atoms with E-state index in [9.17, 15) is 0 Å². The van der Waals surface area contributed by atoms with Crippen LogP contribution >= 0.6 is 11.6 Å². The third-order valence-electron chi connectivity index (χ3n) is 5.06. The number of halogens is 1. The van der Waals surface area contributed by atoms with Gasteiger partial charge in [0.2, 0.25) is 0 Å². The molecule has 2 atom stereocenters. The molecule has 0 spiro atoms. The Morgan fingerprint density at radius 2 is 1.88 bits per heavy atom. The predicted molar refractivity (Wildman–Crippen MR) is 130 cm³/mol. The maximum atomic E-state index is 6.64. The molecule has 0 saturated carbocycles. The van der Waals surface area contributed by atoms with Crippen LogP contribution in [0.3, 0.4) is 0 Å². The van der Waals surface area contributed by atoms with Crippen molar-refractivity contribution in [3.05, 3.63) is 95.6 Å². The maximum absolute atomic E-state index is 6.64. The third kappa shape index (κ3) is 6.73. The lowest BCUT2D eigenvalue weighted by Gasteiger charge is -2.28. The van der Waals surface area contributed by atoms with Crippen molar-refractivity contribution >= 4 is 11.6 Å². The van der Waals surface area contributed by atoms with E-state index < -0.39 is 0 Å². The van der Waals surface area contributed by atoms with Crippen LogP contribution in [0.1, 0.15) is 36.1 Å². The quantitative estimate of drug-likeness (QED) is 0.271. The summed E-state index contributed by atoms with van der Waals surface area (Å²) in [6.07, 6.45) is 8.90. The van der Waals surface area contributed by atoms with Gasteiger partial charge in [0.05, 0.1) is 25.9 Å². The standard InChI is InChI=1S/C27H31ClO4/c1-4-14-29-19-23-8-7-9-26(32-23)24-17-21(25(28)18-27(24)31-15-5-2)16-20-10-12-22(13-11-20)30-6-3/h4-5,7,9-13,17-18,23,26H,1-2,6,8,14-16,19H2,3H3/t23-,26+/m1/s1. The minimum atomic E-state index is -0.239. The number of hydrogen-bond acceptors (Lipinski definition) is 4. The Labute approximate surface area is 196 Å². The van der Waals surface area contributed by atoms with E-state index in [-0.39, 0.29) is 12.2 Å². The van der Waals surface area contributed by atoms with Crippen LogP contribution in [0, 0.1) is 0 Å². The zero-order chi connectivity index (χ0) is 22.8. The lowest BCUT2D eigenvalue weighted by molar-refractivity contribution is -0.0426. The summed E-state index contributed by atoms with van der Waals surface area (Å²) in [5.74, 6) is 1.56. The second kappa shape index (κ2) is 12.5. The van der Waals surface area contributed by atoms with Crippen molar-refractivity contribution in [3.63, 3.8) is 0 Å². The van der Waals surface area contributed by atoms with Crippen molar-refractivity contribution < 1.29 is 18.9 Å². The first-order valence-electron chi connectivity index (χ1n) is 10.9. The molecule has 0 amide bonds. The molecule has 1 aliphatic heterocycles. The molecule has 0 saturated heterocycles. The van der Waals surface area contributed by atoms with Crippen molar-refractivity contribution in [2.45, 2.75) is 32.0 Å². The van der Waals surface area contributed by atoms with Crippen molar-refractivity contribution in [1.29, 1.82) is 0 Å². The Hall–Kier alpha value is -2.53. The number of benzene rings is 2. The molecular formula is C27H31ClO4. The van der Waals surface area contributed by atoms with E-state index >= 15 is 0 Å². The average Bonchev–Trinajstić information content (AvgIpc) is 2.81. The number of rotatable bonds is 12. The highest BCUT2D eigenvalue weighted by atomic mass is 35.5. The first-order chi connectivity index (χ1) is 15.6. The molecule has 2 aromatic rings. The molecule has 170 valence electrons. The van der Waals surface area contributed by atoms with Gasteiger partial charge < -0.3 is 18.9 Å². The molecule has 0 unspecified atom stereocenters. The molecule has 0 bridgehead atoms. The lowest BCUT2D eigenvalue weighted by Crippen LogP contribution is -2.24. The van der Waals surface area contributed by atoms with Crippen LogP contribution in [0.25, 0.3) is 0 Å². The summed E-state index contributed by atoms with van der Waals surface area (Å²) in [5, 5.41) is 0.660. The van der Waals surface area contributed by atoms with Crippen LogP contribution in [0.5, 0.6) is 11.5 Å². The first kappa shape index (κ1) is 24.1. The highest BCUT2D eigenvalue weighted by Crippen LogP contribution is 2.37. The molecule has 1 heterocycles. The summed E-state index contributed by atoms with van der Waals surface area (Å²) in [4.78, 5) is 0. The van der Waals surface area contributed by atoms with Crippen molar-refractivity contribution in [3.8, 4) is 11.5 Å². The Kier molecular flexibility index (Phi) is 9.42. The van der Waals surface area contributed by atoms with Gasteiger partial charge in [0.1, 0.15) is 24.2 Å². The Morgan fingerprint density at radius 1 is 1.09 bits per heavy atom. The smallest absolute Gasteiger partial charge is 0.127 e. The first-order valence-corrected chi connectivity index (χ1v) is 11.3. The molecule has 0 radical (unpaired) electrons. The molecule has 0 fully saturated rings. The number of ether oxygens (including phenoxy) is 4. The van der Waals surface area contributed by atoms with Crippen molar-refractivity contribution in [1.82, 2.24) is 0 Å². The van der Waals surface area contributed by atoms with Gasteiger partial charge in [0, 0.05) is 10.6 Å². The zero-order valence-corrected chi connectivity index (χ0v) is 19.4. The van der Waals surface area contributed by atoms with Gasteiger partial charge in [-0.05, 0) is 55.2 Å². The predicted octanol–water partition coefficient (Wildman–Crippen LogP) is 6.48.